The maximum atomic E-state index is 12.4. The predicted molar refractivity (Wildman–Crippen MR) is 104 cm³/mol. The number of hydrogen-bond donors (Lipinski definition) is 1. The Hall–Kier alpha value is -2.34. The molecule has 1 aromatic heterocycles. The molecule has 1 amide bonds. The van der Waals surface area contributed by atoms with Gasteiger partial charge in [0.2, 0.25) is 5.44 Å². The molecule has 0 aliphatic carbocycles. The number of aromatic nitrogens is 1. The van der Waals surface area contributed by atoms with Crippen molar-refractivity contribution in [1.29, 1.82) is 0 Å². The van der Waals surface area contributed by atoms with Crippen LogP contribution in [-0.2, 0) is 4.79 Å². The van der Waals surface area contributed by atoms with E-state index >= 15 is 0 Å². The number of nitrogens with one attached hydrogen (secondary N) is 1. The molecule has 1 atom stereocenters. The van der Waals surface area contributed by atoms with Gasteiger partial charge in [-0.3, -0.25) is 9.78 Å². The Morgan fingerprint density at radius 3 is 2.72 bits per heavy atom. The van der Waals surface area contributed by atoms with Crippen LogP contribution < -0.4 is 10.1 Å². The van der Waals surface area contributed by atoms with Crippen molar-refractivity contribution in [3.63, 3.8) is 0 Å². The number of carbonyl (C=O) groups is 1. The van der Waals surface area contributed by atoms with Crippen molar-refractivity contribution >= 4 is 40.2 Å². The zero-order valence-corrected chi connectivity index (χ0v) is 15.7. The normalized spacial score (nSPS) is 12.1. The molecule has 4 nitrogen and oxygen atoms in total. The Morgan fingerprint density at radius 1 is 1.40 bits per heavy atom. The molecular weight excluding hydrogens is 356 g/mol. The highest BCUT2D eigenvalue weighted by molar-refractivity contribution is 7.99. The van der Waals surface area contributed by atoms with Crippen LogP contribution in [-0.4, -0.2) is 28.1 Å². The van der Waals surface area contributed by atoms with Crippen LogP contribution in [0.15, 0.2) is 24.4 Å². The molecular formula is C19H17ClN2O2S. The van der Waals surface area contributed by atoms with Crippen LogP contribution in [0.5, 0.6) is 5.75 Å². The van der Waals surface area contributed by atoms with E-state index in [1.54, 1.807) is 44.5 Å². The first-order chi connectivity index (χ1) is 11.8. The lowest BCUT2D eigenvalue weighted by Crippen LogP contribution is -2.47. The predicted octanol–water partition coefficient (Wildman–Crippen LogP) is 3.47. The second-order valence-electron chi connectivity index (χ2n) is 5.79. The van der Waals surface area contributed by atoms with Gasteiger partial charge in [0.1, 0.15) is 5.75 Å². The van der Waals surface area contributed by atoms with Crippen LogP contribution in [0.2, 0.25) is 5.02 Å². The molecule has 1 unspecified atom stereocenters. The number of pyridine rings is 1. The van der Waals surface area contributed by atoms with Crippen LogP contribution in [0.25, 0.3) is 10.9 Å². The molecule has 25 heavy (non-hydrogen) atoms. The minimum Gasteiger partial charge on any atom is -0.470 e. The van der Waals surface area contributed by atoms with Crippen molar-refractivity contribution in [3.05, 3.63) is 35.0 Å². The van der Waals surface area contributed by atoms with Gasteiger partial charge in [-0.15, -0.1) is 24.6 Å². The molecule has 6 heteroatoms. The Labute approximate surface area is 156 Å². The number of halogens is 1. The molecule has 2 aromatic rings. The van der Waals surface area contributed by atoms with Crippen LogP contribution >= 0.6 is 23.4 Å². The SMILES string of the molecule is C#Cc1cnc2c(Cl)cc(OC(SC)C(=O)NC(C)(C)C#C)cc2c1. The van der Waals surface area contributed by atoms with Crippen molar-refractivity contribution in [2.75, 3.05) is 6.26 Å². The number of hydrogen-bond acceptors (Lipinski definition) is 4. The monoisotopic (exact) mass is 372 g/mol. The molecule has 0 fully saturated rings. The first-order valence-corrected chi connectivity index (χ1v) is 9.01. The Balaban J connectivity index is 2.30. The van der Waals surface area contributed by atoms with Crippen molar-refractivity contribution in [3.8, 4) is 30.4 Å². The van der Waals surface area contributed by atoms with Gasteiger partial charge in [0.25, 0.3) is 5.91 Å². The zero-order chi connectivity index (χ0) is 18.6. The fourth-order valence-corrected chi connectivity index (χ4v) is 2.81. The molecule has 0 radical (unpaired) electrons. The molecule has 0 saturated heterocycles. The highest BCUT2D eigenvalue weighted by atomic mass is 35.5. The number of amides is 1. The zero-order valence-electron chi connectivity index (χ0n) is 14.1. The number of rotatable bonds is 5. The molecule has 0 aliphatic heterocycles. The second kappa shape index (κ2) is 7.70. The lowest BCUT2D eigenvalue weighted by atomic mass is 10.1. The van der Waals surface area contributed by atoms with Crippen LogP contribution in [0.3, 0.4) is 0 Å². The summed E-state index contributed by atoms with van der Waals surface area (Å²) in [4.78, 5) is 16.6. The van der Waals surface area contributed by atoms with Crippen molar-refractivity contribution in [2.24, 2.45) is 0 Å². The number of ether oxygens (including phenoxy) is 1. The molecule has 2 rings (SSSR count). The molecule has 1 heterocycles. The van der Waals surface area contributed by atoms with Gasteiger partial charge < -0.3 is 10.1 Å². The molecule has 128 valence electrons. The van der Waals surface area contributed by atoms with E-state index in [-0.39, 0.29) is 5.91 Å². The standard InChI is InChI=1S/C19H17ClN2O2S/c1-6-12-8-13-9-14(10-15(20)16(13)21-11-12)24-18(25-5)17(23)22-19(3,4)7-2/h1-2,8-11,18H,3-5H3,(H,22,23). The third-order valence-corrected chi connectivity index (χ3v) is 4.37. The summed E-state index contributed by atoms with van der Waals surface area (Å²) in [5.74, 6) is 5.17. The highest BCUT2D eigenvalue weighted by Gasteiger charge is 2.25. The van der Waals surface area contributed by atoms with Gasteiger partial charge in [0.15, 0.2) is 0 Å². The fourth-order valence-electron chi connectivity index (χ4n) is 2.06. The summed E-state index contributed by atoms with van der Waals surface area (Å²) in [6, 6.07) is 5.16. The van der Waals surface area contributed by atoms with E-state index in [9.17, 15) is 4.79 Å². The van der Waals surface area contributed by atoms with Gasteiger partial charge in [-0.05, 0) is 32.2 Å². The first kappa shape index (κ1) is 19.0. The van der Waals surface area contributed by atoms with E-state index in [0.29, 0.717) is 21.9 Å². The van der Waals surface area contributed by atoms with Crippen molar-refractivity contribution in [1.82, 2.24) is 10.3 Å². The third kappa shape index (κ3) is 4.60. The highest BCUT2D eigenvalue weighted by Crippen LogP contribution is 2.29. The van der Waals surface area contributed by atoms with E-state index in [2.05, 4.69) is 22.1 Å². The summed E-state index contributed by atoms with van der Waals surface area (Å²) in [6.45, 7) is 3.48. The van der Waals surface area contributed by atoms with Gasteiger partial charge in [0, 0.05) is 23.2 Å². The largest absolute Gasteiger partial charge is 0.470 e. The van der Waals surface area contributed by atoms with Gasteiger partial charge in [-0.25, -0.2) is 0 Å². The Kier molecular flexibility index (Phi) is 5.85. The van der Waals surface area contributed by atoms with Crippen LogP contribution in [0.4, 0.5) is 0 Å². The second-order valence-corrected chi connectivity index (χ2v) is 7.10. The topological polar surface area (TPSA) is 51.2 Å². The van der Waals surface area contributed by atoms with E-state index in [0.717, 1.165) is 5.39 Å². The van der Waals surface area contributed by atoms with Gasteiger partial charge in [-0.2, -0.15) is 0 Å². The molecule has 1 N–H and O–H groups in total. The number of carbonyl (C=O) groups excluding carboxylic acids is 1. The molecule has 0 saturated carbocycles. The lowest BCUT2D eigenvalue weighted by Gasteiger charge is -2.23. The first-order valence-electron chi connectivity index (χ1n) is 7.35. The number of benzene rings is 1. The summed E-state index contributed by atoms with van der Waals surface area (Å²) >= 11 is 7.51. The van der Waals surface area contributed by atoms with E-state index < -0.39 is 11.0 Å². The summed E-state index contributed by atoms with van der Waals surface area (Å²) < 4.78 is 5.80. The minimum absolute atomic E-state index is 0.317. The maximum Gasteiger partial charge on any atom is 0.272 e. The fraction of sp³-hybridized carbons (Fsp3) is 0.263. The quantitative estimate of drug-likeness (QED) is 0.645. The minimum atomic E-state index is -0.773. The van der Waals surface area contributed by atoms with Crippen molar-refractivity contribution in [2.45, 2.75) is 24.8 Å². The molecule has 1 aromatic carbocycles. The number of nitrogens with zero attached hydrogens (tertiary/aromatic N) is 1. The summed E-state index contributed by atoms with van der Waals surface area (Å²) in [5.41, 5.74) is -0.284. The average Bonchev–Trinajstić information content (AvgIpc) is 2.58. The smallest absolute Gasteiger partial charge is 0.272 e. The molecule has 0 spiro atoms. The number of fused-ring (bicyclic) bond motifs is 1. The summed E-state index contributed by atoms with van der Waals surface area (Å²) in [5, 5.41) is 3.91. The van der Waals surface area contributed by atoms with Gasteiger partial charge in [-0.1, -0.05) is 23.4 Å². The molecule has 0 aliphatic rings. The van der Waals surface area contributed by atoms with E-state index in [1.807, 2.05) is 0 Å². The average molecular weight is 373 g/mol. The Bertz CT molecular complexity index is 897. The van der Waals surface area contributed by atoms with Gasteiger partial charge in [0.05, 0.1) is 16.1 Å². The Morgan fingerprint density at radius 2 is 2.12 bits per heavy atom. The van der Waals surface area contributed by atoms with E-state index in [1.165, 1.54) is 11.8 Å². The summed E-state index contributed by atoms with van der Waals surface area (Å²) in [7, 11) is 0. The van der Waals surface area contributed by atoms with Gasteiger partial charge >= 0.3 is 0 Å². The van der Waals surface area contributed by atoms with Crippen LogP contribution in [0, 0.1) is 24.7 Å². The number of terminal acetylenes is 2. The number of thioether (sulfide) groups is 1. The summed E-state index contributed by atoms with van der Waals surface area (Å²) in [6.07, 6.45) is 14.2. The van der Waals surface area contributed by atoms with E-state index in [4.69, 9.17) is 29.2 Å². The lowest BCUT2D eigenvalue weighted by molar-refractivity contribution is -0.125. The third-order valence-electron chi connectivity index (χ3n) is 3.34. The molecule has 0 bridgehead atoms. The van der Waals surface area contributed by atoms with Crippen LogP contribution in [0.1, 0.15) is 19.4 Å². The maximum absolute atomic E-state index is 12.4. The van der Waals surface area contributed by atoms with Crippen molar-refractivity contribution < 1.29 is 9.53 Å².